The standard InChI is InChI=1S/C13H18N4O3/c1-4-13(5-2,12(18)19)6-10-15-11(16-20-10)9-7-14-8-17(9)3/h7-8H,4-6H2,1-3H3,(H,18,19). The molecule has 0 bridgehead atoms. The molecule has 2 aromatic rings. The molecule has 0 aliphatic carbocycles. The highest BCUT2D eigenvalue weighted by atomic mass is 16.5. The summed E-state index contributed by atoms with van der Waals surface area (Å²) in [5, 5.41) is 13.3. The van der Waals surface area contributed by atoms with Gasteiger partial charge in [-0.3, -0.25) is 4.79 Å². The minimum absolute atomic E-state index is 0.236. The normalized spacial score (nSPS) is 11.8. The zero-order chi connectivity index (χ0) is 14.8. The van der Waals surface area contributed by atoms with Crippen molar-refractivity contribution in [2.45, 2.75) is 33.1 Å². The van der Waals surface area contributed by atoms with E-state index in [-0.39, 0.29) is 6.42 Å². The van der Waals surface area contributed by atoms with Crippen LogP contribution in [0.25, 0.3) is 11.5 Å². The molecule has 2 rings (SSSR count). The Morgan fingerprint density at radius 1 is 1.45 bits per heavy atom. The van der Waals surface area contributed by atoms with Crippen LogP contribution < -0.4 is 0 Å². The maximum absolute atomic E-state index is 11.5. The summed E-state index contributed by atoms with van der Waals surface area (Å²) < 4.78 is 6.96. The van der Waals surface area contributed by atoms with Gasteiger partial charge in [0, 0.05) is 13.5 Å². The first-order chi connectivity index (χ1) is 9.52. The molecule has 108 valence electrons. The fourth-order valence-electron chi connectivity index (χ4n) is 2.17. The first-order valence-electron chi connectivity index (χ1n) is 6.55. The summed E-state index contributed by atoms with van der Waals surface area (Å²) in [7, 11) is 1.83. The third kappa shape index (κ3) is 2.43. The van der Waals surface area contributed by atoms with E-state index in [2.05, 4.69) is 15.1 Å². The van der Waals surface area contributed by atoms with E-state index in [4.69, 9.17) is 4.52 Å². The van der Waals surface area contributed by atoms with Crippen LogP contribution in [-0.4, -0.2) is 30.8 Å². The maximum atomic E-state index is 11.5. The second-order valence-corrected chi connectivity index (χ2v) is 4.87. The van der Waals surface area contributed by atoms with Crippen molar-refractivity contribution in [3.8, 4) is 11.5 Å². The number of carbonyl (C=O) groups is 1. The summed E-state index contributed by atoms with van der Waals surface area (Å²) in [4.78, 5) is 19.7. The van der Waals surface area contributed by atoms with Gasteiger partial charge in [-0.15, -0.1) is 0 Å². The van der Waals surface area contributed by atoms with Crippen LogP contribution in [0.1, 0.15) is 32.6 Å². The minimum atomic E-state index is -0.851. The Balaban J connectivity index is 2.25. The van der Waals surface area contributed by atoms with Gasteiger partial charge in [0.25, 0.3) is 0 Å². The van der Waals surface area contributed by atoms with Crippen molar-refractivity contribution in [1.29, 1.82) is 0 Å². The molecule has 7 heteroatoms. The molecule has 1 N–H and O–H groups in total. The molecule has 0 aliphatic rings. The van der Waals surface area contributed by atoms with Crippen LogP contribution in [0.5, 0.6) is 0 Å². The number of aliphatic carboxylic acids is 1. The molecule has 2 aromatic heterocycles. The summed E-state index contributed by atoms with van der Waals surface area (Å²) in [6, 6.07) is 0. The second kappa shape index (κ2) is 5.44. The Bertz CT molecular complexity index is 598. The minimum Gasteiger partial charge on any atom is -0.481 e. The van der Waals surface area contributed by atoms with Crippen molar-refractivity contribution >= 4 is 5.97 Å². The molecule has 20 heavy (non-hydrogen) atoms. The number of carboxylic acid groups (broad SMARTS) is 1. The number of aryl methyl sites for hydroxylation is 1. The number of carboxylic acids is 1. The predicted molar refractivity (Wildman–Crippen MR) is 70.9 cm³/mol. The van der Waals surface area contributed by atoms with E-state index < -0.39 is 11.4 Å². The van der Waals surface area contributed by atoms with Gasteiger partial charge in [-0.2, -0.15) is 4.98 Å². The number of aromatic nitrogens is 4. The van der Waals surface area contributed by atoms with Gasteiger partial charge in [-0.25, -0.2) is 4.98 Å². The van der Waals surface area contributed by atoms with E-state index >= 15 is 0 Å². The van der Waals surface area contributed by atoms with Gasteiger partial charge in [-0.05, 0) is 12.8 Å². The van der Waals surface area contributed by atoms with Crippen molar-refractivity contribution < 1.29 is 14.4 Å². The highest BCUT2D eigenvalue weighted by Crippen LogP contribution is 2.31. The fourth-order valence-corrected chi connectivity index (χ4v) is 2.17. The zero-order valence-electron chi connectivity index (χ0n) is 11.8. The molecule has 0 radical (unpaired) electrons. The SMILES string of the molecule is CCC(CC)(Cc1nc(-c2cncn2C)no1)C(=O)O. The summed E-state index contributed by atoms with van der Waals surface area (Å²) in [5.41, 5.74) is -0.120. The third-order valence-electron chi connectivity index (χ3n) is 3.81. The smallest absolute Gasteiger partial charge is 0.310 e. The number of hydrogen-bond acceptors (Lipinski definition) is 5. The lowest BCUT2D eigenvalue weighted by molar-refractivity contribution is -0.149. The molecule has 7 nitrogen and oxygen atoms in total. The average Bonchev–Trinajstić information content (AvgIpc) is 3.04. The van der Waals surface area contributed by atoms with Crippen LogP contribution in [0.2, 0.25) is 0 Å². The van der Waals surface area contributed by atoms with Gasteiger partial charge >= 0.3 is 5.97 Å². The topological polar surface area (TPSA) is 94.0 Å². The Labute approximate surface area is 116 Å². The van der Waals surface area contributed by atoms with E-state index in [1.54, 1.807) is 17.1 Å². The number of hydrogen-bond donors (Lipinski definition) is 1. The molecular weight excluding hydrogens is 260 g/mol. The monoisotopic (exact) mass is 278 g/mol. The van der Waals surface area contributed by atoms with E-state index in [1.165, 1.54) is 0 Å². The molecule has 0 aliphatic heterocycles. The summed E-state index contributed by atoms with van der Waals surface area (Å²) in [6.07, 6.45) is 4.55. The van der Waals surface area contributed by atoms with Crippen molar-refractivity contribution in [3.63, 3.8) is 0 Å². The maximum Gasteiger partial charge on any atom is 0.310 e. The summed E-state index contributed by atoms with van der Waals surface area (Å²) >= 11 is 0. The van der Waals surface area contributed by atoms with Crippen LogP contribution in [0.4, 0.5) is 0 Å². The number of rotatable bonds is 6. The molecule has 0 fully saturated rings. The van der Waals surface area contributed by atoms with Gasteiger partial charge in [0.2, 0.25) is 11.7 Å². The molecular formula is C13H18N4O3. The average molecular weight is 278 g/mol. The quantitative estimate of drug-likeness (QED) is 0.867. The van der Waals surface area contributed by atoms with Gasteiger partial charge in [0.05, 0.1) is 17.9 Å². The van der Waals surface area contributed by atoms with Crippen LogP contribution in [0.15, 0.2) is 17.0 Å². The van der Waals surface area contributed by atoms with Crippen molar-refractivity contribution in [3.05, 3.63) is 18.4 Å². The third-order valence-corrected chi connectivity index (χ3v) is 3.81. The molecule has 0 spiro atoms. The lowest BCUT2D eigenvalue weighted by Crippen LogP contribution is -2.32. The second-order valence-electron chi connectivity index (χ2n) is 4.87. The molecule has 0 aromatic carbocycles. The van der Waals surface area contributed by atoms with E-state index in [9.17, 15) is 9.90 Å². The Hall–Kier alpha value is -2.18. The van der Waals surface area contributed by atoms with E-state index in [0.29, 0.717) is 24.6 Å². The first-order valence-corrected chi connectivity index (χ1v) is 6.55. The molecule has 0 atom stereocenters. The molecule has 2 heterocycles. The van der Waals surface area contributed by atoms with Crippen LogP contribution >= 0.6 is 0 Å². The van der Waals surface area contributed by atoms with Crippen LogP contribution in [-0.2, 0) is 18.3 Å². The molecule has 0 unspecified atom stereocenters. The molecule has 0 saturated heterocycles. The lowest BCUT2D eigenvalue weighted by atomic mass is 9.79. The Morgan fingerprint density at radius 3 is 2.65 bits per heavy atom. The van der Waals surface area contributed by atoms with Gasteiger partial charge in [0.15, 0.2) is 0 Å². The number of nitrogens with zero attached hydrogens (tertiary/aromatic N) is 4. The Morgan fingerprint density at radius 2 is 2.15 bits per heavy atom. The molecule has 0 amide bonds. The van der Waals surface area contributed by atoms with Gasteiger partial charge in [0.1, 0.15) is 5.69 Å². The van der Waals surface area contributed by atoms with Crippen molar-refractivity contribution in [2.75, 3.05) is 0 Å². The first kappa shape index (κ1) is 14.2. The van der Waals surface area contributed by atoms with E-state index in [1.807, 2.05) is 20.9 Å². The largest absolute Gasteiger partial charge is 0.481 e. The summed E-state index contributed by atoms with van der Waals surface area (Å²) in [5.74, 6) is -0.0680. The zero-order valence-corrected chi connectivity index (χ0v) is 11.8. The highest BCUT2D eigenvalue weighted by molar-refractivity contribution is 5.74. The van der Waals surface area contributed by atoms with Gasteiger partial charge in [-0.1, -0.05) is 19.0 Å². The number of imidazole rings is 1. The van der Waals surface area contributed by atoms with Gasteiger partial charge < -0.3 is 14.2 Å². The van der Waals surface area contributed by atoms with E-state index in [0.717, 1.165) is 5.69 Å². The highest BCUT2D eigenvalue weighted by Gasteiger charge is 2.37. The van der Waals surface area contributed by atoms with Crippen LogP contribution in [0.3, 0.4) is 0 Å². The predicted octanol–water partition coefficient (Wildman–Crippen LogP) is 1.90. The van der Waals surface area contributed by atoms with Crippen molar-refractivity contribution in [2.24, 2.45) is 12.5 Å². The lowest BCUT2D eigenvalue weighted by Gasteiger charge is -2.24. The summed E-state index contributed by atoms with van der Waals surface area (Å²) in [6.45, 7) is 3.71. The fraction of sp³-hybridized carbons (Fsp3) is 0.538. The molecule has 0 saturated carbocycles. The van der Waals surface area contributed by atoms with Crippen molar-refractivity contribution in [1.82, 2.24) is 19.7 Å². The van der Waals surface area contributed by atoms with Crippen LogP contribution in [0, 0.1) is 5.41 Å². The Kier molecular flexibility index (Phi) is 3.87.